The van der Waals surface area contributed by atoms with E-state index < -0.39 is 47.9 Å². The highest BCUT2D eigenvalue weighted by Gasteiger charge is 2.54. The first-order valence-electron chi connectivity index (χ1n) is 15.3. The van der Waals surface area contributed by atoms with Crippen LogP contribution >= 0.6 is 0 Å². The molecule has 13 heteroatoms. The van der Waals surface area contributed by atoms with Gasteiger partial charge in [-0.15, -0.1) is 0 Å². The number of esters is 2. The van der Waals surface area contributed by atoms with E-state index in [0.717, 1.165) is 27.2 Å². The van der Waals surface area contributed by atoms with Crippen molar-refractivity contribution in [1.82, 2.24) is 4.90 Å². The van der Waals surface area contributed by atoms with Crippen LogP contribution in [0.5, 0.6) is 0 Å². The zero-order valence-corrected chi connectivity index (χ0v) is 26.5. The van der Waals surface area contributed by atoms with Gasteiger partial charge in [0.15, 0.2) is 0 Å². The lowest BCUT2D eigenvalue weighted by molar-refractivity contribution is -0.192. The van der Waals surface area contributed by atoms with E-state index in [1.807, 2.05) is 84.9 Å². The summed E-state index contributed by atoms with van der Waals surface area (Å²) < 4.78 is 42.7. The van der Waals surface area contributed by atoms with Gasteiger partial charge in [0, 0.05) is 6.54 Å². The van der Waals surface area contributed by atoms with Gasteiger partial charge in [-0.25, -0.2) is 14.4 Å². The molecule has 260 valence electrons. The number of amides is 2. The van der Waals surface area contributed by atoms with Crippen LogP contribution in [0, 0.1) is 5.92 Å². The number of rotatable bonds is 11. The molecule has 4 aromatic rings. The maximum Gasteiger partial charge on any atom is 0.490 e. The summed E-state index contributed by atoms with van der Waals surface area (Å²) in [6.07, 6.45) is -4.95. The summed E-state index contributed by atoms with van der Waals surface area (Å²) in [4.78, 5) is 62.5. The van der Waals surface area contributed by atoms with Gasteiger partial charge in [-0.2, -0.15) is 13.2 Å². The number of benzene rings is 4. The summed E-state index contributed by atoms with van der Waals surface area (Å²) in [7, 11) is 0. The van der Waals surface area contributed by atoms with Crippen molar-refractivity contribution >= 4 is 29.7 Å². The minimum Gasteiger partial charge on any atom is -0.475 e. The molecule has 1 saturated heterocycles. The average Bonchev–Trinajstić information content (AvgIpc) is 3.11. The predicted molar refractivity (Wildman–Crippen MR) is 173 cm³/mol. The van der Waals surface area contributed by atoms with Gasteiger partial charge in [0.05, 0.1) is 17.9 Å². The lowest BCUT2D eigenvalue weighted by Crippen LogP contribution is -2.67. The summed E-state index contributed by atoms with van der Waals surface area (Å²) in [5.74, 6) is -5.62. The molecule has 4 aromatic carbocycles. The van der Waals surface area contributed by atoms with E-state index in [1.165, 1.54) is 0 Å². The number of imide groups is 1. The number of alkyl halides is 3. The van der Waals surface area contributed by atoms with E-state index in [-0.39, 0.29) is 25.2 Å². The Bertz CT molecular complexity index is 1800. The number of carbonyl (C=O) groups is 5. The predicted octanol–water partition coefficient (Wildman–Crippen LogP) is 5.02. The molecule has 3 N–H and O–H groups in total. The SMILES string of the molecule is NCc1ccc(COC(=O)[C@@H]2[C@H](Cc3ccccc3)C(=O)N2C(=O)Cc2cccc(C(=O)OCc3ccccc3)c2)cc1.O=C(O)C(F)(F)F. The Morgan fingerprint density at radius 2 is 1.24 bits per heavy atom. The number of hydrogen-bond acceptors (Lipinski definition) is 8. The molecular formula is C37H33F3N2O8. The summed E-state index contributed by atoms with van der Waals surface area (Å²) >= 11 is 0. The van der Waals surface area contributed by atoms with E-state index in [9.17, 15) is 32.3 Å². The molecule has 1 fully saturated rings. The lowest BCUT2D eigenvalue weighted by Gasteiger charge is -2.44. The van der Waals surface area contributed by atoms with Crippen LogP contribution in [-0.2, 0) is 61.3 Å². The van der Waals surface area contributed by atoms with Crippen molar-refractivity contribution in [2.45, 2.75) is 44.8 Å². The Morgan fingerprint density at radius 3 is 1.82 bits per heavy atom. The molecular weight excluding hydrogens is 657 g/mol. The van der Waals surface area contributed by atoms with Gasteiger partial charge in [-0.05, 0) is 46.4 Å². The summed E-state index contributed by atoms with van der Waals surface area (Å²) in [5, 5.41) is 7.12. The van der Waals surface area contributed by atoms with E-state index >= 15 is 0 Å². The Morgan fingerprint density at radius 1 is 0.720 bits per heavy atom. The van der Waals surface area contributed by atoms with Crippen LogP contribution in [0.15, 0.2) is 109 Å². The number of β-lactam (4-membered cyclic amide) rings is 1. The number of carboxylic acids is 1. The second-order valence-electron chi connectivity index (χ2n) is 11.2. The minimum atomic E-state index is -5.08. The maximum atomic E-state index is 13.4. The molecule has 0 aromatic heterocycles. The molecule has 0 radical (unpaired) electrons. The van der Waals surface area contributed by atoms with Gasteiger partial charge in [-0.3, -0.25) is 14.5 Å². The van der Waals surface area contributed by atoms with Crippen LogP contribution < -0.4 is 5.73 Å². The van der Waals surface area contributed by atoms with Gasteiger partial charge in [0.2, 0.25) is 11.8 Å². The normalized spacial score (nSPS) is 15.2. The highest BCUT2D eigenvalue weighted by atomic mass is 19.4. The first kappa shape index (κ1) is 37.0. The van der Waals surface area contributed by atoms with Crippen molar-refractivity contribution < 1.29 is 51.7 Å². The zero-order valence-electron chi connectivity index (χ0n) is 26.5. The molecule has 1 aliphatic rings. The van der Waals surface area contributed by atoms with Crippen molar-refractivity contribution in [2.75, 3.05) is 0 Å². The molecule has 5 rings (SSSR count). The third-order valence-electron chi connectivity index (χ3n) is 7.64. The number of nitrogens with zero attached hydrogens (tertiary/aromatic N) is 1. The molecule has 0 spiro atoms. The molecule has 1 aliphatic heterocycles. The van der Waals surface area contributed by atoms with Crippen molar-refractivity contribution in [3.63, 3.8) is 0 Å². The number of halogens is 3. The molecule has 2 amide bonds. The highest BCUT2D eigenvalue weighted by Crippen LogP contribution is 2.32. The topological polar surface area (TPSA) is 153 Å². The number of nitrogens with two attached hydrogens (primary N) is 1. The molecule has 2 atom stereocenters. The van der Waals surface area contributed by atoms with E-state index in [0.29, 0.717) is 18.5 Å². The van der Waals surface area contributed by atoms with Gasteiger partial charge < -0.3 is 20.3 Å². The first-order chi connectivity index (χ1) is 23.9. The first-order valence-corrected chi connectivity index (χ1v) is 15.3. The number of likely N-dealkylation sites (tertiary alicyclic amines) is 1. The van der Waals surface area contributed by atoms with Crippen molar-refractivity contribution in [3.8, 4) is 0 Å². The highest BCUT2D eigenvalue weighted by molar-refractivity contribution is 6.08. The average molecular weight is 691 g/mol. The number of carboxylic acid groups (broad SMARTS) is 1. The maximum absolute atomic E-state index is 13.4. The van der Waals surface area contributed by atoms with Crippen molar-refractivity contribution in [3.05, 3.63) is 143 Å². The Kier molecular flexibility index (Phi) is 12.6. The van der Waals surface area contributed by atoms with Crippen LogP contribution in [0.3, 0.4) is 0 Å². The smallest absolute Gasteiger partial charge is 0.475 e. The van der Waals surface area contributed by atoms with Crippen LogP contribution in [-0.4, -0.2) is 51.9 Å². The third kappa shape index (κ3) is 10.1. The van der Waals surface area contributed by atoms with E-state index in [2.05, 4.69) is 0 Å². The van der Waals surface area contributed by atoms with Crippen LogP contribution in [0.25, 0.3) is 0 Å². The van der Waals surface area contributed by atoms with E-state index in [4.69, 9.17) is 25.1 Å². The van der Waals surface area contributed by atoms with Gasteiger partial charge in [-0.1, -0.05) is 97.1 Å². The van der Waals surface area contributed by atoms with Crippen LogP contribution in [0.4, 0.5) is 13.2 Å². The van der Waals surface area contributed by atoms with Gasteiger partial charge >= 0.3 is 24.1 Å². The standard InChI is InChI=1S/C35H32N2O6.C2HF3O2/c36-21-25-14-16-27(17-15-25)23-43-35(41)32-30(19-24-8-3-1-4-9-24)33(39)37(32)31(38)20-28-12-7-13-29(18-28)34(40)42-22-26-10-5-2-6-11-26;3-2(4,5)1(6)7/h1-18,30,32H,19-23,36H2;(H,6,7)/t30-,32-;/m0./s1. The number of carbonyl (C=O) groups excluding carboxylic acids is 4. The minimum absolute atomic E-state index is 0.00159. The largest absolute Gasteiger partial charge is 0.490 e. The van der Waals surface area contributed by atoms with Gasteiger partial charge in [0.1, 0.15) is 19.3 Å². The van der Waals surface area contributed by atoms with Gasteiger partial charge in [0.25, 0.3) is 0 Å². The Balaban J connectivity index is 0.000000727. The fourth-order valence-corrected chi connectivity index (χ4v) is 5.05. The van der Waals surface area contributed by atoms with E-state index in [1.54, 1.807) is 24.3 Å². The Hall–Kier alpha value is -5.82. The fourth-order valence-electron chi connectivity index (χ4n) is 5.05. The van der Waals surface area contributed by atoms with Crippen LogP contribution in [0.1, 0.15) is 38.2 Å². The molecule has 0 saturated carbocycles. The summed E-state index contributed by atoms with van der Waals surface area (Å²) in [6.45, 7) is 0.525. The molecule has 50 heavy (non-hydrogen) atoms. The number of hydrogen-bond donors (Lipinski definition) is 2. The second kappa shape index (κ2) is 17.0. The molecule has 1 heterocycles. The second-order valence-corrected chi connectivity index (χ2v) is 11.2. The summed E-state index contributed by atoms with van der Waals surface area (Å²) in [5.41, 5.74) is 9.92. The quantitative estimate of drug-likeness (QED) is 0.163. The third-order valence-corrected chi connectivity index (χ3v) is 7.64. The Labute approximate surface area is 285 Å². The molecule has 0 unspecified atom stereocenters. The van der Waals surface area contributed by atoms with Crippen molar-refractivity contribution in [2.24, 2.45) is 11.7 Å². The lowest BCUT2D eigenvalue weighted by atomic mass is 9.81. The number of ether oxygens (including phenoxy) is 2. The zero-order chi connectivity index (χ0) is 36.3. The molecule has 10 nitrogen and oxygen atoms in total. The monoisotopic (exact) mass is 690 g/mol. The fraction of sp³-hybridized carbons (Fsp3) is 0.216. The number of aliphatic carboxylic acids is 1. The van der Waals surface area contributed by atoms with Crippen molar-refractivity contribution in [1.29, 1.82) is 0 Å². The summed E-state index contributed by atoms with van der Waals surface area (Å²) in [6, 6.07) is 31.5. The van der Waals surface area contributed by atoms with Crippen LogP contribution in [0.2, 0.25) is 0 Å². The molecule has 0 bridgehead atoms. The molecule has 0 aliphatic carbocycles.